The summed E-state index contributed by atoms with van der Waals surface area (Å²) in [4.78, 5) is 16.8. The average molecular weight is 416 g/mol. The van der Waals surface area contributed by atoms with Crippen LogP contribution < -0.4 is 11.1 Å². The number of rotatable bonds is 7. The summed E-state index contributed by atoms with van der Waals surface area (Å²) < 4.78 is 3.65. The van der Waals surface area contributed by atoms with Crippen LogP contribution in [0.15, 0.2) is 61.2 Å². The highest BCUT2D eigenvalue weighted by Crippen LogP contribution is 2.15. The lowest BCUT2D eigenvalue weighted by Crippen LogP contribution is -2.23. The van der Waals surface area contributed by atoms with Gasteiger partial charge in [0.05, 0.1) is 24.8 Å². The first-order chi connectivity index (χ1) is 15.0. The van der Waals surface area contributed by atoms with Crippen LogP contribution in [0.1, 0.15) is 38.3 Å². The first-order valence-corrected chi connectivity index (χ1v) is 10.1. The van der Waals surface area contributed by atoms with Gasteiger partial charge in [-0.15, -0.1) is 0 Å². The fourth-order valence-electron chi connectivity index (χ4n) is 3.51. The van der Waals surface area contributed by atoms with Crippen LogP contribution in [0.2, 0.25) is 0 Å². The molecule has 1 amide bonds. The number of nitrogens with two attached hydrogens (primary N) is 1. The van der Waals surface area contributed by atoms with Gasteiger partial charge in [0, 0.05) is 30.8 Å². The minimum atomic E-state index is -0.170. The zero-order chi connectivity index (χ0) is 21.8. The standard InChI is InChI=1S/C23H25N7O/c1-16-10-22(24)28-17(2)21(16)12-25-23(31)20-11-27-30(15-20)14-19-6-4-18(5-7-19)13-29-9-3-8-26-29/h3-11,15H,12-14H2,1-2H3,(H2,24,28)(H,25,31). The molecule has 0 aliphatic heterocycles. The summed E-state index contributed by atoms with van der Waals surface area (Å²) >= 11 is 0. The summed E-state index contributed by atoms with van der Waals surface area (Å²) in [6, 6.07) is 12.0. The molecule has 0 aliphatic rings. The third-order valence-electron chi connectivity index (χ3n) is 5.17. The quantitative estimate of drug-likeness (QED) is 0.483. The molecule has 0 unspecified atom stereocenters. The average Bonchev–Trinajstić information content (AvgIpc) is 3.41. The van der Waals surface area contributed by atoms with Gasteiger partial charge in [0.25, 0.3) is 5.91 Å². The zero-order valence-electron chi connectivity index (χ0n) is 17.6. The van der Waals surface area contributed by atoms with Gasteiger partial charge >= 0.3 is 0 Å². The van der Waals surface area contributed by atoms with Crippen LogP contribution >= 0.6 is 0 Å². The Balaban J connectivity index is 1.35. The number of pyridine rings is 1. The molecule has 1 aromatic carbocycles. The molecule has 0 saturated heterocycles. The fourth-order valence-corrected chi connectivity index (χ4v) is 3.51. The van der Waals surface area contributed by atoms with Crippen molar-refractivity contribution in [3.8, 4) is 0 Å². The van der Waals surface area contributed by atoms with E-state index in [1.165, 1.54) is 5.56 Å². The normalized spacial score (nSPS) is 10.9. The highest BCUT2D eigenvalue weighted by atomic mass is 16.1. The molecule has 3 N–H and O–H groups in total. The number of hydrogen-bond donors (Lipinski definition) is 2. The molecule has 0 bridgehead atoms. The Bertz CT molecular complexity index is 1150. The van der Waals surface area contributed by atoms with E-state index in [1.807, 2.05) is 36.9 Å². The third-order valence-corrected chi connectivity index (χ3v) is 5.17. The number of anilines is 1. The van der Waals surface area contributed by atoms with Crippen molar-refractivity contribution in [3.63, 3.8) is 0 Å². The second kappa shape index (κ2) is 8.83. The van der Waals surface area contributed by atoms with Gasteiger partial charge in [-0.05, 0) is 48.2 Å². The van der Waals surface area contributed by atoms with Gasteiger partial charge in [-0.2, -0.15) is 10.2 Å². The molecule has 4 rings (SSSR count). The number of amides is 1. The maximum absolute atomic E-state index is 12.6. The van der Waals surface area contributed by atoms with E-state index in [4.69, 9.17) is 5.73 Å². The van der Waals surface area contributed by atoms with E-state index in [1.54, 1.807) is 23.3 Å². The van der Waals surface area contributed by atoms with Gasteiger partial charge in [0.1, 0.15) is 5.82 Å². The second-order valence-corrected chi connectivity index (χ2v) is 7.56. The van der Waals surface area contributed by atoms with Crippen LogP contribution in [0.25, 0.3) is 0 Å². The molecule has 31 heavy (non-hydrogen) atoms. The van der Waals surface area contributed by atoms with Gasteiger partial charge in [0.15, 0.2) is 0 Å². The summed E-state index contributed by atoms with van der Waals surface area (Å²) in [5.41, 5.74) is 11.4. The highest BCUT2D eigenvalue weighted by Gasteiger charge is 2.11. The summed E-state index contributed by atoms with van der Waals surface area (Å²) in [6.45, 7) is 5.58. The maximum atomic E-state index is 12.6. The van der Waals surface area contributed by atoms with Crippen LogP contribution in [0.4, 0.5) is 5.82 Å². The molecule has 8 nitrogen and oxygen atoms in total. The molecule has 8 heteroatoms. The van der Waals surface area contributed by atoms with E-state index in [0.29, 0.717) is 24.5 Å². The van der Waals surface area contributed by atoms with Crippen molar-refractivity contribution in [2.45, 2.75) is 33.5 Å². The minimum absolute atomic E-state index is 0.170. The van der Waals surface area contributed by atoms with E-state index in [2.05, 4.69) is 44.8 Å². The molecule has 3 aromatic heterocycles. The van der Waals surface area contributed by atoms with Gasteiger partial charge < -0.3 is 11.1 Å². The van der Waals surface area contributed by atoms with Gasteiger partial charge in [-0.25, -0.2) is 4.98 Å². The molecule has 0 fully saturated rings. The van der Waals surface area contributed by atoms with E-state index < -0.39 is 0 Å². The summed E-state index contributed by atoms with van der Waals surface area (Å²) in [7, 11) is 0. The highest BCUT2D eigenvalue weighted by molar-refractivity contribution is 5.93. The number of nitrogens with one attached hydrogen (secondary N) is 1. The largest absolute Gasteiger partial charge is 0.384 e. The Kier molecular flexibility index (Phi) is 5.79. The maximum Gasteiger partial charge on any atom is 0.254 e. The number of benzene rings is 1. The first-order valence-electron chi connectivity index (χ1n) is 10.1. The number of hydrogen-bond acceptors (Lipinski definition) is 5. The van der Waals surface area contributed by atoms with E-state index in [-0.39, 0.29) is 5.91 Å². The summed E-state index contributed by atoms with van der Waals surface area (Å²) in [6.07, 6.45) is 7.06. The van der Waals surface area contributed by atoms with E-state index in [0.717, 1.165) is 28.9 Å². The minimum Gasteiger partial charge on any atom is -0.384 e. The third kappa shape index (κ3) is 4.98. The Hall–Kier alpha value is -3.94. The molecule has 0 atom stereocenters. The number of aromatic nitrogens is 5. The molecular formula is C23H25N7O. The molecule has 0 radical (unpaired) electrons. The van der Waals surface area contributed by atoms with Crippen molar-refractivity contribution >= 4 is 11.7 Å². The molecule has 0 aliphatic carbocycles. The van der Waals surface area contributed by atoms with Crippen molar-refractivity contribution < 1.29 is 4.79 Å². The molecule has 3 heterocycles. The van der Waals surface area contributed by atoms with Crippen molar-refractivity contribution in [3.05, 3.63) is 94.7 Å². The van der Waals surface area contributed by atoms with E-state index >= 15 is 0 Å². The predicted octanol–water partition coefficient (Wildman–Crippen LogP) is 2.70. The van der Waals surface area contributed by atoms with Gasteiger partial charge in [0.2, 0.25) is 0 Å². The first kappa shape index (κ1) is 20.3. The molecule has 0 spiro atoms. The second-order valence-electron chi connectivity index (χ2n) is 7.56. The molecule has 158 valence electrons. The van der Waals surface area contributed by atoms with Crippen LogP contribution in [0.5, 0.6) is 0 Å². The van der Waals surface area contributed by atoms with E-state index in [9.17, 15) is 4.79 Å². The van der Waals surface area contributed by atoms with Crippen LogP contribution in [-0.4, -0.2) is 30.5 Å². The topological polar surface area (TPSA) is 104 Å². The molecular weight excluding hydrogens is 390 g/mol. The lowest BCUT2D eigenvalue weighted by molar-refractivity contribution is 0.0950. The number of aryl methyl sites for hydroxylation is 2. The number of nitrogens with zero attached hydrogens (tertiary/aromatic N) is 5. The van der Waals surface area contributed by atoms with Crippen molar-refractivity contribution in [2.75, 3.05) is 5.73 Å². The lowest BCUT2D eigenvalue weighted by Gasteiger charge is -2.11. The van der Waals surface area contributed by atoms with Crippen LogP contribution in [-0.2, 0) is 19.6 Å². The number of carbonyl (C=O) groups excluding carboxylic acids is 1. The molecule has 0 saturated carbocycles. The fraction of sp³-hybridized carbons (Fsp3) is 0.217. The van der Waals surface area contributed by atoms with Crippen molar-refractivity contribution in [1.82, 2.24) is 29.9 Å². The Morgan fingerprint density at radius 3 is 2.42 bits per heavy atom. The van der Waals surface area contributed by atoms with Crippen molar-refractivity contribution in [1.29, 1.82) is 0 Å². The Morgan fingerprint density at radius 1 is 1.06 bits per heavy atom. The summed E-state index contributed by atoms with van der Waals surface area (Å²) in [5, 5.41) is 11.5. The zero-order valence-corrected chi connectivity index (χ0v) is 17.6. The smallest absolute Gasteiger partial charge is 0.254 e. The number of carbonyl (C=O) groups is 1. The summed E-state index contributed by atoms with van der Waals surface area (Å²) in [5.74, 6) is 0.317. The lowest BCUT2D eigenvalue weighted by atomic mass is 10.1. The Labute approximate surface area is 180 Å². The SMILES string of the molecule is Cc1cc(N)nc(C)c1CNC(=O)c1cnn(Cc2ccc(Cn3cccn3)cc2)c1. The molecule has 4 aromatic rings. The predicted molar refractivity (Wildman–Crippen MR) is 118 cm³/mol. The Morgan fingerprint density at radius 2 is 1.77 bits per heavy atom. The van der Waals surface area contributed by atoms with Gasteiger partial charge in [-0.1, -0.05) is 24.3 Å². The van der Waals surface area contributed by atoms with Crippen molar-refractivity contribution in [2.24, 2.45) is 0 Å². The van der Waals surface area contributed by atoms with Gasteiger partial charge in [-0.3, -0.25) is 14.2 Å². The number of nitrogen functional groups attached to an aromatic ring is 1. The van der Waals surface area contributed by atoms with Crippen LogP contribution in [0.3, 0.4) is 0 Å². The monoisotopic (exact) mass is 415 g/mol. The van der Waals surface area contributed by atoms with Crippen LogP contribution in [0, 0.1) is 13.8 Å².